The van der Waals surface area contributed by atoms with Crippen molar-refractivity contribution in [1.82, 2.24) is 0 Å². The molecule has 1 atom stereocenters. The van der Waals surface area contributed by atoms with Crippen LogP contribution in [0, 0.1) is 0 Å². The van der Waals surface area contributed by atoms with Gasteiger partial charge in [0.05, 0.1) is 0 Å². The molecule has 2 heteroatoms. The van der Waals surface area contributed by atoms with Gasteiger partial charge in [0.1, 0.15) is 6.61 Å². The fourth-order valence-corrected chi connectivity index (χ4v) is 0.104. The standard InChI is InChI=1S/C3H6O2/c1-3(4)2-5-3/h4H,2H2,1H3/t3-/m1/s1. The molecule has 1 rings (SSSR count). The largest absolute Gasteiger partial charge is 0.364 e. The van der Waals surface area contributed by atoms with E-state index in [0.29, 0.717) is 6.61 Å². The minimum absolute atomic E-state index is 0.507. The zero-order valence-electron chi connectivity index (χ0n) is 3.06. The average Bonchev–Trinajstić information content (AvgIpc) is 1.76. The molecule has 2 nitrogen and oxygen atoms in total. The molecular weight excluding hydrogens is 68.0 g/mol. The maximum Gasteiger partial charge on any atom is 0.186 e. The minimum Gasteiger partial charge on any atom is -0.364 e. The minimum atomic E-state index is -0.750. The van der Waals surface area contributed by atoms with Crippen LogP contribution < -0.4 is 0 Å². The quantitative estimate of drug-likeness (QED) is 0.401. The third-order valence-corrected chi connectivity index (χ3v) is 0.562. The van der Waals surface area contributed by atoms with Gasteiger partial charge in [-0.05, 0) is 6.92 Å². The van der Waals surface area contributed by atoms with Crippen molar-refractivity contribution < 1.29 is 9.84 Å². The van der Waals surface area contributed by atoms with Crippen LogP contribution in [0.2, 0.25) is 0 Å². The van der Waals surface area contributed by atoms with Crippen molar-refractivity contribution in [2.24, 2.45) is 0 Å². The first kappa shape index (κ1) is 3.12. The second kappa shape index (κ2) is 0.533. The Morgan fingerprint density at radius 1 is 2.00 bits per heavy atom. The Bertz CT molecular complexity index is 42.9. The molecule has 1 aliphatic heterocycles. The molecule has 0 aromatic carbocycles. The van der Waals surface area contributed by atoms with Crippen molar-refractivity contribution in [3.05, 3.63) is 0 Å². The molecule has 1 saturated heterocycles. The summed E-state index contributed by atoms with van der Waals surface area (Å²) < 4.78 is 4.45. The van der Waals surface area contributed by atoms with Gasteiger partial charge in [-0.1, -0.05) is 0 Å². The van der Waals surface area contributed by atoms with Crippen LogP contribution in [0.4, 0.5) is 0 Å². The predicted octanol–water partition coefficient (Wildman–Crippen LogP) is -0.275. The Morgan fingerprint density at radius 3 is 2.20 bits per heavy atom. The lowest BCUT2D eigenvalue weighted by Gasteiger charge is -1.82. The van der Waals surface area contributed by atoms with Gasteiger partial charge in [-0.15, -0.1) is 0 Å². The van der Waals surface area contributed by atoms with Gasteiger partial charge in [0.2, 0.25) is 0 Å². The van der Waals surface area contributed by atoms with Gasteiger partial charge in [0.15, 0.2) is 5.79 Å². The van der Waals surface area contributed by atoms with Gasteiger partial charge < -0.3 is 9.84 Å². The Labute approximate surface area is 30.4 Å². The molecule has 5 heavy (non-hydrogen) atoms. The van der Waals surface area contributed by atoms with E-state index in [1.54, 1.807) is 6.92 Å². The summed E-state index contributed by atoms with van der Waals surface area (Å²) in [6, 6.07) is 0. The molecule has 0 unspecified atom stereocenters. The molecular formula is C3H6O2. The van der Waals surface area contributed by atoms with Crippen molar-refractivity contribution in [3.8, 4) is 0 Å². The highest BCUT2D eigenvalue weighted by Gasteiger charge is 2.35. The smallest absolute Gasteiger partial charge is 0.186 e. The summed E-state index contributed by atoms with van der Waals surface area (Å²) in [7, 11) is 0. The molecule has 0 aliphatic carbocycles. The summed E-state index contributed by atoms with van der Waals surface area (Å²) in [4.78, 5) is 0. The van der Waals surface area contributed by atoms with Gasteiger partial charge >= 0.3 is 0 Å². The maximum atomic E-state index is 8.41. The molecule has 0 spiro atoms. The molecule has 1 heterocycles. The second-order valence-electron chi connectivity index (χ2n) is 1.46. The van der Waals surface area contributed by atoms with Crippen molar-refractivity contribution in [2.75, 3.05) is 6.61 Å². The number of ether oxygens (including phenoxy) is 1. The summed E-state index contributed by atoms with van der Waals surface area (Å²) in [5.41, 5.74) is 0. The monoisotopic (exact) mass is 74.0 g/mol. The number of hydrogen-bond donors (Lipinski definition) is 1. The molecule has 1 N–H and O–H groups in total. The first-order chi connectivity index (χ1) is 2.21. The van der Waals surface area contributed by atoms with E-state index in [4.69, 9.17) is 5.11 Å². The lowest BCUT2D eigenvalue weighted by Crippen LogP contribution is -1.97. The van der Waals surface area contributed by atoms with E-state index in [1.807, 2.05) is 0 Å². The summed E-state index contributed by atoms with van der Waals surface area (Å²) in [6.45, 7) is 2.14. The molecule has 0 bridgehead atoms. The molecule has 0 amide bonds. The number of aliphatic hydroxyl groups is 1. The van der Waals surface area contributed by atoms with E-state index in [9.17, 15) is 0 Å². The van der Waals surface area contributed by atoms with Crippen molar-refractivity contribution >= 4 is 0 Å². The van der Waals surface area contributed by atoms with Crippen LogP contribution in [-0.2, 0) is 4.74 Å². The van der Waals surface area contributed by atoms with Crippen LogP contribution in [0.1, 0.15) is 6.92 Å². The highest BCUT2D eigenvalue weighted by atomic mass is 16.7. The lowest BCUT2D eigenvalue weighted by molar-refractivity contribution is 0.0549. The summed E-state index contributed by atoms with van der Waals surface area (Å²) >= 11 is 0. The topological polar surface area (TPSA) is 32.8 Å². The highest BCUT2D eigenvalue weighted by molar-refractivity contribution is 4.70. The van der Waals surface area contributed by atoms with Gasteiger partial charge in [0, 0.05) is 0 Å². The van der Waals surface area contributed by atoms with Crippen LogP contribution in [0.3, 0.4) is 0 Å². The van der Waals surface area contributed by atoms with E-state index >= 15 is 0 Å². The number of epoxide rings is 1. The number of hydrogen-bond acceptors (Lipinski definition) is 2. The Balaban J connectivity index is 2.38. The Hall–Kier alpha value is -0.0800. The number of rotatable bonds is 0. The zero-order chi connectivity index (χ0) is 3.91. The van der Waals surface area contributed by atoms with E-state index in [-0.39, 0.29) is 0 Å². The van der Waals surface area contributed by atoms with Gasteiger partial charge in [0.25, 0.3) is 0 Å². The molecule has 1 fully saturated rings. The fourth-order valence-electron chi connectivity index (χ4n) is 0.104. The third kappa shape index (κ3) is 0.597. The maximum absolute atomic E-state index is 8.41. The predicted molar refractivity (Wildman–Crippen MR) is 16.6 cm³/mol. The summed E-state index contributed by atoms with van der Waals surface area (Å²) in [5.74, 6) is -0.750. The van der Waals surface area contributed by atoms with Gasteiger partial charge in [-0.25, -0.2) is 0 Å². The third-order valence-electron chi connectivity index (χ3n) is 0.562. The fraction of sp³-hybridized carbons (Fsp3) is 1.00. The van der Waals surface area contributed by atoms with Crippen LogP contribution >= 0.6 is 0 Å². The first-order valence-corrected chi connectivity index (χ1v) is 1.57. The molecule has 0 radical (unpaired) electrons. The van der Waals surface area contributed by atoms with Crippen LogP contribution in [0.25, 0.3) is 0 Å². The first-order valence-electron chi connectivity index (χ1n) is 1.57. The lowest BCUT2D eigenvalue weighted by atomic mass is 10.5. The molecule has 30 valence electrons. The van der Waals surface area contributed by atoms with Crippen LogP contribution in [0.5, 0.6) is 0 Å². The Kier molecular flexibility index (Phi) is 0.333. The highest BCUT2D eigenvalue weighted by Crippen LogP contribution is 2.19. The molecule has 0 saturated carbocycles. The van der Waals surface area contributed by atoms with Gasteiger partial charge in [-0.3, -0.25) is 0 Å². The van der Waals surface area contributed by atoms with Crippen molar-refractivity contribution in [1.29, 1.82) is 0 Å². The van der Waals surface area contributed by atoms with Crippen molar-refractivity contribution in [3.63, 3.8) is 0 Å². The SMILES string of the molecule is C[C@]1(O)CO1. The van der Waals surface area contributed by atoms with Gasteiger partial charge in [-0.2, -0.15) is 0 Å². The second-order valence-corrected chi connectivity index (χ2v) is 1.46. The molecule has 0 aromatic rings. The van der Waals surface area contributed by atoms with Crippen molar-refractivity contribution in [2.45, 2.75) is 12.7 Å². The average molecular weight is 74.1 g/mol. The summed E-state index contributed by atoms with van der Waals surface area (Å²) in [5, 5.41) is 8.41. The zero-order valence-corrected chi connectivity index (χ0v) is 3.06. The van der Waals surface area contributed by atoms with E-state index < -0.39 is 5.79 Å². The Morgan fingerprint density at radius 2 is 2.20 bits per heavy atom. The molecule has 1 aliphatic rings. The summed E-state index contributed by atoms with van der Waals surface area (Å²) in [6.07, 6.45) is 0. The van der Waals surface area contributed by atoms with E-state index in [1.165, 1.54) is 0 Å². The van der Waals surface area contributed by atoms with E-state index in [2.05, 4.69) is 4.74 Å². The van der Waals surface area contributed by atoms with Crippen LogP contribution in [0.15, 0.2) is 0 Å². The molecule has 0 aromatic heterocycles. The van der Waals surface area contributed by atoms with Crippen LogP contribution in [-0.4, -0.2) is 17.5 Å². The van der Waals surface area contributed by atoms with E-state index in [0.717, 1.165) is 0 Å². The normalized spacial score (nSPS) is 49.2.